The summed E-state index contributed by atoms with van der Waals surface area (Å²) in [5.41, 5.74) is 0. The topological polar surface area (TPSA) is 87.0 Å². The molecule has 0 aromatic heterocycles. The van der Waals surface area contributed by atoms with Crippen LogP contribution in [0.2, 0.25) is 0 Å². The highest BCUT2D eigenvalue weighted by molar-refractivity contribution is 5.66. The summed E-state index contributed by atoms with van der Waals surface area (Å²) in [6.07, 6.45) is -0.374. The monoisotopic (exact) mass is 248 g/mol. The zero-order valence-corrected chi connectivity index (χ0v) is 10.8. The molecule has 4 atom stereocenters. The predicted molar refractivity (Wildman–Crippen MR) is 63.3 cm³/mol. The molecule has 0 bridgehead atoms. The molecule has 0 spiro atoms. The van der Waals surface area contributed by atoms with E-state index < -0.39 is 12.2 Å². The van der Waals surface area contributed by atoms with Gasteiger partial charge in [-0.2, -0.15) is 0 Å². The molecule has 0 saturated carbocycles. The Kier molecular flexibility index (Phi) is 8.12. The first-order valence-electron chi connectivity index (χ1n) is 6.04. The third kappa shape index (κ3) is 7.31. The Morgan fingerprint density at radius 1 is 1.29 bits per heavy atom. The molecule has 5 nitrogen and oxygen atoms in total. The van der Waals surface area contributed by atoms with Crippen LogP contribution >= 0.6 is 0 Å². The lowest BCUT2D eigenvalue weighted by atomic mass is 9.95. The van der Waals surface area contributed by atoms with E-state index >= 15 is 0 Å². The molecule has 0 aliphatic rings. The average molecular weight is 248 g/mol. The van der Waals surface area contributed by atoms with Gasteiger partial charge in [0.15, 0.2) is 0 Å². The van der Waals surface area contributed by atoms with E-state index in [1.807, 2.05) is 6.92 Å². The second-order valence-electron chi connectivity index (χ2n) is 4.49. The maximum Gasteiger partial charge on any atom is 0.302 e. The molecule has 17 heavy (non-hydrogen) atoms. The fraction of sp³-hybridized carbons (Fsp3) is 0.917. The van der Waals surface area contributed by atoms with Crippen LogP contribution in [0, 0.1) is 5.92 Å². The van der Waals surface area contributed by atoms with Crippen LogP contribution in [0.5, 0.6) is 0 Å². The molecule has 0 aliphatic carbocycles. The van der Waals surface area contributed by atoms with Crippen molar-refractivity contribution in [3.63, 3.8) is 0 Å². The lowest BCUT2D eigenvalue weighted by molar-refractivity contribution is -0.148. The van der Waals surface area contributed by atoms with Crippen LogP contribution in [-0.4, -0.2) is 46.2 Å². The van der Waals surface area contributed by atoms with E-state index in [0.29, 0.717) is 19.3 Å². The first-order chi connectivity index (χ1) is 7.90. The molecular weight excluding hydrogens is 224 g/mol. The summed E-state index contributed by atoms with van der Waals surface area (Å²) in [5, 5.41) is 27.9. The van der Waals surface area contributed by atoms with Gasteiger partial charge in [0.25, 0.3) is 0 Å². The van der Waals surface area contributed by atoms with Crippen LogP contribution in [0.25, 0.3) is 0 Å². The van der Waals surface area contributed by atoms with Gasteiger partial charge in [-0.1, -0.05) is 13.8 Å². The number of ether oxygens (including phenoxy) is 1. The number of hydrogen-bond acceptors (Lipinski definition) is 5. The van der Waals surface area contributed by atoms with Gasteiger partial charge in [0.2, 0.25) is 0 Å². The smallest absolute Gasteiger partial charge is 0.302 e. The highest BCUT2D eigenvalue weighted by atomic mass is 16.5. The first kappa shape index (κ1) is 16.4. The van der Waals surface area contributed by atoms with Crippen molar-refractivity contribution in [2.45, 2.75) is 58.3 Å². The predicted octanol–water partition coefficient (Wildman–Crippen LogP) is 0.458. The summed E-state index contributed by atoms with van der Waals surface area (Å²) in [4.78, 5) is 10.8. The molecule has 0 fully saturated rings. The summed E-state index contributed by atoms with van der Waals surface area (Å²) in [5.74, 6) is -0.544. The minimum absolute atomic E-state index is 0.190. The minimum Gasteiger partial charge on any atom is -0.462 e. The zero-order chi connectivity index (χ0) is 13.4. The van der Waals surface area contributed by atoms with Crippen molar-refractivity contribution in [2.75, 3.05) is 6.61 Å². The Morgan fingerprint density at radius 3 is 2.29 bits per heavy atom. The average Bonchev–Trinajstić information content (AvgIpc) is 2.25. The lowest BCUT2D eigenvalue weighted by Crippen LogP contribution is -2.28. The SMILES string of the molecule is CCC(CC(O)CC(C)C(O)CO)OC(C)=O. The van der Waals surface area contributed by atoms with E-state index in [4.69, 9.17) is 9.84 Å². The Morgan fingerprint density at radius 2 is 1.88 bits per heavy atom. The summed E-state index contributed by atoms with van der Waals surface area (Å²) in [6, 6.07) is 0. The summed E-state index contributed by atoms with van der Waals surface area (Å²) >= 11 is 0. The van der Waals surface area contributed by atoms with Gasteiger partial charge in [-0.15, -0.1) is 0 Å². The third-order valence-corrected chi connectivity index (χ3v) is 2.81. The number of aliphatic hydroxyl groups excluding tert-OH is 3. The van der Waals surface area contributed by atoms with Gasteiger partial charge in [-0.05, 0) is 18.8 Å². The summed E-state index contributed by atoms with van der Waals surface area (Å²) < 4.78 is 5.03. The van der Waals surface area contributed by atoms with Crippen molar-refractivity contribution < 1.29 is 24.9 Å². The van der Waals surface area contributed by atoms with Crippen LogP contribution in [0.15, 0.2) is 0 Å². The van der Waals surface area contributed by atoms with Gasteiger partial charge in [-0.25, -0.2) is 0 Å². The number of rotatable bonds is 8. The number of carbonyl (C=O) groups excluding carboxylic acids is 1. The highest BCUT2D eigenvalue weighted by Crippen LogP contribution is 2.16. The lowest BCUT2D eigenvalue weighted by Gasteiger charge is -2.23. The number of hydrogen-bond donors (Lipinski definition) is 3. The van der Waals surface area contributed by atoms with Crippen LogP contribution in [0.4, 0.5) is 0 Å². The number of aliphatic hydroxyl groups is 3. The van der Waals surface area contributed by atoms with Crippen molar-refractivity contribution >= 4 is 5.97 Å². The molecule has 4 unspecified atom stereocenters. The van der Waals surface area contributed by atoms with Crippen LogP contribution in [0.3, 0.4) is 0 Å². The van der Waals surface area contributed by atoms with Gasteiger partial charge in [-0.3, -0.25) is 4.79 Å². The molecule has 0 rings (SSSR count). The molecule has 0 amide bonds. The molecule has 0 saturated heterocycles. The minimum atomic E-state index is -0.821. The molecule has 102 valence electrons. The summed E-state index contributed by atoms with van der Waals surface area (Å²) in [7, 11) is 0. The molecular formula is C12H24O5. The molecule has 0 radical (unpaired) electrons. The standard InChI is InChI=1S/C12H24O5/c1-4-11(17-9(3)14)6-10(15)5-8(2)12(16)7-13/h8,10-13,15-16H,4-7H2,1-3H3. The van der Waals surface area contributed by atoms with E-state index in [0.717, 1.165) is 0 Å². The van der Waals surface area contributed by atoms with Crippen molar-refractivity contribution in [3.8, 4) is 0 Å². The van der Waals surface area contributed by atoms with E-state index in [-0.39, 0.29) is 24.6 Å². The van der Waals surface area contributed by atoms with Crippen molar-refractivity contribution in [2.24, 2.45) is 5.92 Å². The Hall–Kier alpha value is -0.650. The Balaban J connectivity index is 4.05. The van der Waals surface area contributed by atoms with Crippen LogP contribution < -0.4 is 0 Å². The number of esters is 1. The van der Waals surface area contributed by atoms with E-state index in [1.165, 1.54) is 6.92 Å². The number of carbonyl (C=O) groups is 1. The fourth-order valence-electron chi connectivity index (χ4n) is 1.70. The van der Waals surface area contributed by atoms with Crippen molar-refractivity contribution in [1.29, 1.82) is 0 Å². The molecule has 0 aliphatic heterocycles. The summed E-state index contributed by atoms with van der Waals surface area (Å²) in [6.45, 7) is 4.67. The maximum atomic E-state index is 10.8. The fourth-order valence-corrected chi connectivity index (χ4v) is 1.70. The maximum absolute atomic E-state index is 10.8. The molecule has 3 N–H and O–H groups in total. The van der Waals surface area contributed by atoms with Gasteiger partial charge in [0.1, 0.15) is 6.10 Å². The van der Waals surface area contributed by atoms with Crippen LogP contribution in [-0.2, 0) is 9.53 Å². The largest absolute Gasteiger partial charge is 0.462 e. The zero-order valence-electron chi connectivity index (χ0n) is 10.8. The van der Waals surface area contributed by atoms with Crippen molar-refractivity contribution in [1.82, 2.24) is 0 Å². The molecule has 0 aromatic carbocycles. The normalized spacial score (nSPS) is 18.2. The van der Waals surface area contributed by atoms with E-state index in [1.54, 1.807) is 6.92 Å². The first-order valence-corrected chi connectivity index (χ1v) is 6.04. The second-order valence-corrected chi connectivity index (χ2v) is 4.49. The van der Waals surface area contributed by atoms with Crippen molar-refractivity contribution in [3.05, 3.63) is 0 Å². The van der Waals surface area contributed by atoms with Gasteiger partial charge >= 0.3 is 5.97 Å². The van der Waals surface area contributed by atoms with Crippen LogP contribution in [0.1, 0.15) is 40.0 Å². The highest BCUT2D eigenvalue weighted by Gasteiger charge is 2.21. The Labute approximate surface area is 102 Å². The quantitative estimate of drug-likeness (QED) is 0.543. The Bertz CT molecular complexity index is 219. The molecule has 0 aromatic rings. The van der Waals surface area contributed by atoms with E-state index in [9.17, 15) is 15.0 Å². The van der Waals surface area contributed by atoms with E-state index in [2.05, 4.69) is 0 Å². The molecule has 0 heterocycles. The molecule has 5 heteroatoms. The van der Waals surface area contributed by atoms with Gasteiger partial charge < -0.3 is 20.1 Å². The van der Waals surface area contributed by atoms with Gasteiger partial charge in [0.05, 0.1) is 18.8 Å². The second kappa shape index (κ2) is 8.44. The third-order valence-electron chi connectivity index (χ3n) is 2.81. The van der Waals surface area contributed by atoms with Gasteiger partial charge in [0, 0.05) is 13.3 Å².